The van der Waals surface area contributed by atoms with Gasteiger partial charge in [-0.1, -0.05) is 12.1 Å². The predicted octanol–water partition coefficient (Wildman–Crippen LogP) is 2.77. The van der Waals surface area contributed by atoms with E-state index in [1.165, 1.54) is 0 Å². The average Bonchev–Trinajstić information content (AvgIpc) is 3.38. The summed E-state index contributed by atoms with van der Waals surface area (Å²) in [6.07, 6.45) is 3.80. The fraction of sp³-hybridized carbons (Fsp3) is 0.611. The molecule has 1 heterocycles. The third-order valence-electron chi connectivity index (χ3n) is 4.70. The van der Waals surface area contributed by atoms with E-state index in [2.05, 4.69) is 0 Å². The maximum absolute atomic E-state index is 12.0. The second-order valence-electron chi connectivity index (χ2n) is 6.60. The maximum Gasteiger partial charge on any atom is 0.225 e. The Hall–Kier alpha value is -1.55. The molecule has 1 atom stereocenters. The van der Waals surface area contributed by atoms with Crippen LogP contribution in [-0.4, -0.2) is 35.6 Å². The molecule has 0 bridgehead atoms. The van der Waals surface area contributed by atoms with E-state index in [4.69, 9.17) is 4.74 Å². The Morgan fingerprint density at radius 3 is 2.41 bits per heavy atom. The fourth-order valence-corrected chi connectivity index (χ4v) is 2.97. The Morgan fingerprint density at radius 2 is 1.86 bits per heavy atom. The first-order valence-corrected chi connectivity index (χ1v) is 8.33. The Balaban J connectivity index is 1.42. The van der Waals surface area contributed by atoms with Crippen LogP contribution in [0.25, 0.3) is 0 Å². The molecule has 1 saturated carbocycles. The molecular weight excluding hydrogens is 278 g/mol. The van der Waals surface area contributed by atoms with E-state index in [1.807, 2.05) is 29.2 Å². The monoisotopic (exact) mass is 303 g/mol. The van der Waals surface area contributed by atoms with Crippen LogP contribution in [0.1, 0.15) is 44.3 Å². The lowest BCUT2D eigenvalue weighted by molar-refractivity contribution is -0.134. The summed E-state index contributed by atoms with van der Waals surface area (Å²) in [5.41, 5.74) is 0.902. The molecule has 120 valence electrons. The molecule has 0 aromatic heterocycles. The van der Waals surface area contributed by atoms with E-state index in [9.17, 15) is 9.90 Å². The second-order valence-corrected chi connectivity index (χ2v) is 6.60. The van der Waals surface area contributed by atoms with E-state index in [0.29, 0.717) is 24.3 Å². The Bertz CT molecular complexity index is 500. The number of piperidine rings is 1. The van der Waals surface area contributed by atoms with E-state index in [-0.39, 0.29) is 0 Å². The molecule has 0 radical (unpaired) electrons. The summed E-state index contributed by atoms with van der Waals surface area (Å²) in [4.78, 5) is 14.0. The Morgan fingerprint density at radius 1 is 1.23 bits per heavy atom. The van der Waals surface area contributed by atoms with Gasteiger partial charge in [-0.05, 0) is 56.2 Å². The molecule has 1 aromatic rings. The molecule has 4 nitrogen and oxygen atoms in total. The Kier molecular flexibility index (Phi) is 4.67. The SMILES string of the molecule is CC(O)c1ccc(OCC2CCN(C(=O)C3CC3)CC2)cc1. The highest BCUT2D eigenvalue weighted by molar-refractivity contribution is 5.81. The number of aliphatic hydroxyl groups is 1. The van der Waals surface area contributed by atoms with Crippen molar-refractivity contribution in [1.82, 2.24) is 4.90 Å². The highest BCUT2D eigenvalue weighted by Gasteiger charge is 2.34. The van der Waals surface area contributed by atoms with Gasteiger partial charge in [-0.2, -0.15) is 0 Å². The van der Waals surface area contributed by atoms with Crippen molar-refractivity contribution in [3.05, 3.63) is 29.8 Å². The molecule has 1 aromatic carbocycles. The van der Waals surface area contributed by atoms with Crippen molar-refractivity contribution < 1.29 is 14.6 Å². The highest BCUT2D eigenvalue weighted by atomic mass is 16.5. The summed E-state index contributed by atoms with van der Waals surface area (Å²) in [6.45, 7) is 4.22. The van der Waals surface area contributed by atoms with Crippen LogP contribution in [0.3, 0.4) is 0 Å². The Labute approximate surface area is 132 Å². The summed E-state index contributed by atoms with van der Waals surface area (Å²) < 4.78 is 5.85. The molecule has 1 saturated heterocycles. The number of hydrogen-bond donors (Lipinski definition) is 1. The van der Waals surface area contributed by atoms with Crippen molar-refractivity contribution >= 4 is 5.91 Å². The number of ether oxygens (including phenoxy) is 1. The molecule has 22 heavy (non-hydrogen) atoms. The minimum Gasteiger partial charge on any atom is -0.493 e. The van der Waals surface area contributed by atoms with Gasteiger partial charge in [-0.3, -0.25) is 4.79 Å². The highest BCUT2D eigenvalue weighted by Crippen LogP contribution is 2.32. The number of carbonyl (C=O) groups excluding carboxylic acids is 1. The molecule has 2 aliphatic rings. The first kappa shape index (κ1) is 15.3. The topological polar surface area (TPSA) is 49.8 Å². The van der Waals surface area contributed by atoms with Crippen LogP contribution in [0.15, 0.2) is 24.3 Å². The van der Waals surface area contributed by atoms with Crippen molar-refractivity contribution in [3.8, 4) is 5.75 Å². The number of benzene rings is 1. The van der Waals surface area contributed by atoms with Gasteiger partial charge in [-0.15, -0.1) is 0 Å². The zero-order valence-corrected chi connectivity index (χ0v) is 13.2. The predicted molar refractivity (Wildman–Crippen MR) is 84.6 cm³/mol. The first-order valence-electron chi connectivity index (χ1n) is 8.33. The summed E-state index contributed by atoms with van der Waals surface area (Å²) >= 11 is 0. The number of nitrogens with zero attached hydrogens (tertiary/aromatic N) is 1. The number of rotatable bonds is 5. The maximum atomic E-state index is 12.0. The van der Waals surface area contributed by atoms with Gasteiger partial charge >= 0.3 is 0 Å². The van der Waals surface area contributed by atoms with Gasteiger partial charge < -0.3 is 14.7 Å². The molecule has 1 unspecified atom stereocenters. The van der Waals surface area contributed by atoms with Crippen LogP contribution in [0.2, 0.25) is 0 Å². The molecule has 1 amide bonds. The number of likely N-dealkylation sites (tertiary alicyclic amines) is 1. The number of amides is 1. The normalized spacial score (nSPS) is 20.7. The molecule has 1 aliphatic carbocycles. The lowest BCUT2D eigenvalue weighted by atomic mass is 9.97. The lowest BCUT2D eigenvalue weighted by Gasteiger charge is -2.32. The minimum absolute atomic E-state index is 0.334. The summed E-state index contributed by atoms with van der Waals surface area (Å²) in [5, 5.41) is 9.49. The van der Waals surface area contributed by atoms with Crippen LogP contribution in [0, 0.1) is 11.8 Å². The minimum atomic E-state index is -0.442. The van der Waals surface area contributed by atoms with Gasteiger partial charge in [-0.25, -0.2) is 0 Å². The number of aliphatic hydroxyl groups excluding tert-OH is 1. The molecule has 3 rings (SSSR count). The van der Waals surface area contributed by atoms with Gasteiger partial charge in [0.15, 0.2) is 0 Å². The molecule has 1 N–H and O–H groups in total. The van der Waals surface area contributed by atoms with Gasteiger partial charge in [0.25, 0.3) is 0 Å². The summed E-state index contributed by atoms with van der Waals surface area (Å²) in [6, 6.07) is 7.62. The average molecular weight is 303 g/mol. The van der Waals surface area contributed by atoms with Crippen molar-refractivity contribution in [2.75, 3.05) is 19.7 Å². The van der Waals surface area contributed by atoms with E-state index in [1.54, 1.807) is 6.92 Å². The van der Waals surface area contributed by atoms with Crippen molar-refractivity contribution in [1.29, 1.82) is 0 Å². The second kappa shape index (κ2) is 6.69. The number of carbonyl (C=O) groups is 1. The standard InChI is InChI=1S/C18H25NO3/c1-13(20)15-4-6-17(7-5-15)22-12-14-8-10-19(11-9-14)18(21)16-2-3-16/h4-7,13-14,16,20H,2-3,8-12H2,1H3. The molecule has 0 spiro atoms. The van der Waals surface area contributed by atoms with Crippen LogP contribution in [0.4, 0.5) is 0 Å². The third kappa shape index (κ3) is 3.80. The molecule has 1 aliphatic heterocycles. The van der Waals surface area contributed by atoms with Crippen molar-refractivity contribution in [2.45, 2.75) is 38.7 Å². The van der Waals surface area contributed by atoms with Gasteiger partial charge in [0.1, 0.15) is 5.75 Å². The smallest absolute Gasteiger partial charge is 0.225 e. The fourth-order valence-electron chi connectivity index (χ4n) is 2.97. The largest absolute Gasteiger partial charge is 0.493 e. The zero-order valence-electron chi connectivity index (χ0n) is 13.2. The first-order chi connectivity index (χ1) is 10.6. The molecule has 4 heteroatoms. The number of hydrogen-bond acceptors (Lipinski definition) is 3. The molecular formula is C18H25NO3. The van der Waals surface area contributed by atoms with Crippen LogP contribution in [-0.2, 0) is 4.79 Å². The quantitative estimate of drug-likeness (QED) is 0.910. The van der Waals surface area contributed by atoms with Gasteiger partial charge in [0.2, 0.25) is 5.91 Å². The van der Waals surface area contributed by atoms with E-state index >= 15 is 0 Å². The summed E-state index contributed by atoms with van der Waals surface area (Å²) in [7, 11) is 0. The van der Waals surface area contributed by atoms with Crippen molar-refractivity contribution in [3.63, 3.8) is 0 Å². The van der Waals surface area contributed by atoms with Crippen LogP contribution >= 0.6 is 0 Å². The van der Waals surface area contributed by atoms with Crippen LogP contribution < -0.4 is 4.74 Å². The molecule has 2 fully saturated rings. The van der Waals surface area contributed by atoms with E-state index in [0.717, 1.165) is 50.1 Å². The van der Waals surface area contributed by atoms with Gasteiger partial charge in [0.05, 0.1) is 12.7 Å². The summed E-state index contributed by atoms with van der Waals surface area (Å²) in [5.74, 6) is 2.08. The van der Waals surface area contributed by atoms with Crippen LogP contribution in [0.5, 0.6) is 5.75 Å². The third-order valence-corrected chi connectivity index (χ3v) is 4.70. The lowest BCUT2D eigenvalue weighted by Crippen LogP contribution is -2.40. The zero-order chi connectivity index (χ0) is 15.5. The van der Waals surface area contributed by atoms with Gasteiger partial charge in [0, 0.05) is 19.0 Å². The van der Waals surface area contributed by atoms with Crippen molar-refractivity contribution in [2.24, 2.45) is 11.8 Å². The van der Waals surface area contributed by atoms with E-state index < -0.39 is 6.10 Å².